The lowest BCUT2D eigenvalue weighted by molar-refractivity contribution is 0.203. The Kier molecular flexibility index (Phi) is 17.7. The van der Waals surface area contributed by atoms with Crippen molar-refractivity contribution >= 4 is 51.1 Å². The molecule has 0 radical (unpaired) electrons. The molecule has 0 spiro atoms. The van der Waals surface area contributed by atoms with Gasteiger partial charge in [0.05, 0.1) is 26.4 Å². The molecule has 7 nitrogen and oxygen atoms in total. The summed E-state index contributed by atoms with van der Waals surface area (Å²) in [6, 6.07) is 46.5. The molecule has 0 aliphatic heterocycles. The number of aliphatic hydroxyl groups is 4. The van der Waals surface area contributed by atoms with Gasteiger partial charge in [0.15, 0.2) is 0 Å². The minimum Gasteiger partial charge on any atom is -0.395 e. The van der Waals surface area contributed by atoms with Gasteiger partial charge < -0.3 is 33.3 Å². The van der Waals surface area contributed by atoms with Crippen molar-refractivity contribution in [2.75, 3.05) is 56.0 Å². The molecular weight excluding hydrogens is 786 g/mol. The molecule has 0 aliphatic rings. The summed E-state index contributed by atoms with van der Waals surface area (Å²) in [7, 11) is -5.81. The van der Waals surface area contributed by atoms with Gasteiger partial charge in [-0.15, -0.1) is 20.6 Å². The maximum absolute atomic E-state index is 10.4. The highest BCUT2D eigenvalue weighted by Crippen LogP contribution is 2.57. The first-order chi connectivity index (χ1) is 27.3. The van der Waals surface area contributed by atoms with Crippen LogP contribution in [0.1, 0.15) is 40.7 Å². The fourth-order valence-electron chi connectivity index (χ4n) is 7.30. The van der Waals surface area contributed by atoms with Crippen LogP contribution in [0.15, 0.2) is 140 Å². The quantitative estimate of drug-likeness (QED) is 0.0279. The Balaban J connectivity index is 1.51. The molecule has 0 bridgehead atoms. The molecule has 5 aromatic carbocycles. The van der Waals surface area contributed by atoms with Crippen LogP contribution in [0.5, 0.6) is 0 Å². The van der Waals surface area contributed by atoms with Gasteiger partial charge in [-0.25, -0.2) is 0 Å². The zero-order valence-electron chi connectivity index (χ0n) is 31.6. The van der Waals surface area contributed by atoms with E-state index in [4.69, 9.17) is 36.1 Å². The molecule has 5 aromatic rings. The summed E-state index contributed by atoms with van der Waals surface area (Å²) >= 11 is 12.8. The van der Waals surface area contributed by atoms with Gasteiger partial charge in [-0.2, -0.15) is 0 Å². The molecule has 0 unspecified atom stereocenters. The first kappa shape index (κ1) is 44.3. The Morgan fingerprint density at radius 1 is 0.500 bits per heavy atom. The van der Waals surface area contributed by atoms with E-state index in [0.29, 0.717) is 34.4 Å². The van der Waals surface area contributed by atoms with Gasteiger partial charge in [0.2, 0.25) is 0 Å². The van der Waals surface area contributed by atoms with Crippen molar-refractivity contribution in [3.63, 3.8) is 0 Å². The molecule has 0 saturated heterocycles. The highest BCUT2D eigenvalue weighted by Gasteiger charge is 2.41. The fraction of sp³-hybridized carbons (Fsp3) is 0.318. The standard InChI is InChI=1S/C44H53BCl2O7S2/c46-42-21-10-13-37(33-42)35-55(29-24-48,30-25-49)53-45(54-56(31-26-50,32-27-51)36-38-14-11-22-43(47)34-38)52-28-12-23-44(39-15-4-1-5-16-39,40-17-6-2-7-18-40)41-19-8-3-9-20-41/h1-11,13-22,33-34,48-51H,12,23-32,35-36H2. The van der Waals surface area contributed by atoms with Gasteiger partial charge in [0, 0.05) is 56.6 Å². The second kappa shape index (κ2) is 22.4. The third-order valence-corrected chi connectivity index (χ3v) is 16.8. The minimum absolute atomic E-state index is 0.176. The largest absolute Gasteiger partial charge is 0.660 e. The molecule has 5 rings (SSSR count). The minimum atomic E-state index is -2.28. The lowest BCUT2D eigenvalue weighted by atomic mass is 9.67. The number of halogens is 2. The van der Waals surface area contributed by atoms with Crippen molar-refractivity contribution in [3.8, 4) is 0 Å². The van der Waals surface area contributed by atoms with Crippen LogP contribution in [0.4, 0.5) is 0 Å². The normalized spacial score (nSPS) is 12.8. The van der Waals surface area contributed by atoms with Crippen LogP contribution in [-0.4, -0.2) is 83.8 Å². The van der Waals surface area contributed by atoms with Crippen LogP contribution in [0.3, 0.4) is 0 Å². The molecule has 4 N–H and O–H groups in total. The summed E-state index contributed by atoms with van der Waals surface area (Å²) in [6.45, 7) is -0.461. The van der Waals surface area contributed by atoms with E-state index < -0.39 is 33.4 Å². The lowest BCUT2D eigenvalue weighted by Crippen LogP contribution is -2.37. The maximum Gasteiger partial charge on any atom is 0.660 e. The predicted molar refractivity (Wildman–Crippen MR) is 236 cm³/mol. The molecule has 0 heterocycles. The number of aliphatic hydroxyl groups excluding tert-OH is 4. The molecular formula is C44H53BCl2O7S2. The number of hydrogen-bond donors (Lipinski definition) is 4. The summed E-state index contributed by atoms with van der Waals surface area (Å²) in [5, 5.41) is 42.8. The molecule has 300 valence electrons. The molecule has 0 aliphatic carbocycles. The van der Waals surface area contributed by atoms with E-state index in [2.05, 4.69) is 72.8 Å². The van der Waals surface area contributed by atoms with E-state index in [1.165, 1.54) is 0 Å². The third kappa shape index (κ3) is 12.1. The highest BCUT2D eigenvalue weighted by atomic mass is 35.5. The van der Waals surface area contributed by atoms with E-state index in [0.717, 1.165) is 27.8 Å². The highest BCUT2D eigenvalue weighted by molar-refractivity contribution is 8.30. The second-order valence-electron chi connectivity index (χ2n) is 13.7. The third-order valence-electron chi connectivity index (χ3n) is 9.81. The molecule has 0 atom stereocenters. The zero-order valence-corrected chi connectivity index (χ0v) is 34.8. The Labute approximate surface area is 345 Å². The monoisotopic (exact) mass is 838 g/mol. The van der Waals surface area contributed by atoms with Crippen LogP contribution in [0, 0.1) is 0 Å². The predicted octanol–water partition coefficient (Wildman–Crippen LogP) is 8.95. The summed E-state index contributed by atoms with van der Waals surface area (Å²) in [6.07, 6.45) is 1.30. The average molecular weight is 840 g/mol. The summed E-state index contributed by atoms with van der Waals surface area (Å²) < 4.78 is 20.6. The SMILES string of the molecule is OCCS(CCO)(Cc1cccc(Cl)c1)OB(OCCCC(c1ccccc1)(c1ccccc1)c1ccccc1)OS(CCO)(CCO)Cc1cccc(Cl)c1. The first-order valence-corrected chi connectivity index (χ1v) is 23.8. The Bertz CT molecular complexity index is 1700. The zero-order chi connectivity index (χ0) is 39.7. The maximum atomic E-state index is 10.4. The average Bonchev–Trinajstić information content (AvgIpc) is 3.19. The number of rotatable bonds is 24. The van der Waals surface area contributed by atoms with Gasteiger partial charge >= 0.3 is 7.32 Å². The van der Waals surface area contributed by atoms with Crippen LogP contribution < -0.4 is 0 Å². The van der Waals surface area contributed by atoms with Crippen molar-refractivity contribution < 1.29 is 33.3 Å². The van der Waals surface area contributed by atoms with Crippen molar-refractivity contribution in [2.45, 2.75) is 29.8 Å². The second-order valence-corrected chi connectivity index (χ2v) is 21.0. The molecule has 0 amide bonds. The van der Waals surface area contributed by atoms with Gasteiger partial charge in [-0.3, -0.25) is 0 Å². The molecule has 0 aromatic heterocycles. The van der Waals surface area contributed by atoms with E-state index >= 15 is 0 Å². The summed E-state index contributed by atoms with van der Waals surface area (Å²) in [5.41, 5.74) is 4.79. The van der Waals surface area contributed by atoms with E-state index in [-0.39, 0.29) is 56.0 Å². The number of hydrogen-bond acceptors (Lipinski definition) is 7. The topological polar surface area (TPSA) is 109 Å². The van der Waals surface area contributed by atoms with Gasteiger partial charge in [0.25, 0.3) is 0 Å². The van der Waals surface area contributed by atoms with Gasteiger partial charge in [-0.1, -0.05) is 138 Å². The van der Waals surface area contributed by atoms with Crippen molar-refractivity contribution in [2.24, 2.45) is 0 Å². The fourth-order valence-corrected chi connectivity index (χ4v) is 13.0. The lowest BCUT2D eigenvalue weighted by Gasteiger charge is -2.45. The van der Waals surface area contributed by atoms with Gasteiger partial charge in [0.1, 0.15) is 0 Å². The Hall–Kier alpha value is -2.84. The van der Waals surface area contributed by atoms with Crippen LogP contribution >= 0.6 is 43.8 Å². The van der Waals surface area contributed by atoms with Crippen molar-refractivity contribution in [1.82, 2.24) is 0 Å². The van der Waals surface area contributed by atoms with Crippen LogP contribution in [-0.2, 0) is 29.8 Å². The van der Waals surface area contributed by atoms with E-state index in [9.17, 15) is 20.4 Å². The Morgan fingerprint density at radius 2 is 0.875 bits per heavy atom. The first-order valence-electron chi connectivity index (χ1n) is 18.9. The van der Waals surface area contributed by atoms with E-state index in [1.807, 2.05) is 54.6 Å². The Morgan fingerprint density at radius 3 is 1.21 bits per heavy atom. The van der Waals surface area contributed by atoms with Crippen molar-refractivity contribution in [3.05, 3.63) is 177 Å². The number of benzene rings is 5. The smallest absolute Gasteiger partial charge is 0.395 e. The summed E-state index contributed by atoms with van der Waals surface area (Å²) in [5.74, 6) is 1.84. The molecule has 0 saturated carbocycles. The molecule has 12 heteroatoms. The molecule has 56 heavy (non-hydrogen) atoms. The van der Waals surface area contributed by atoms with Crippen molar-refractivity contribution in [1.29, 1.82) is 0 Å². The van der Waals surface area contributed by atoms with Gasteiger partial charge in [-0.05, 0) is 64.9 Å². The summed E-state index contributed by atoms with van der Waals surface area (Å²) in [4.78, 5) is 0. The molecule has 0 fully saturated rings. The van der Waals surface area contributed by atoms with Crippen LogP contribution in [0.25, 0.3) is 0 Å². The van der Waals surface area contributed by atoms with E-state index in [1.54, 1.807) is 12.1 Å². The van der Waals surface area contributed by atoms with Crippen LogP contribution in [0.2, 0.25) is 10.0 Å².